The molecule has 0 aliphatic heterocycles. The second kappa shape index (κ2) is 5.78. The Balaban J connectivity index is 2.31. The van der Waals surface area contributed by atoms with E-state index in [2.05, 4.69) is 46.9 Å². The van der Waals surface area contributed by atoms with Crippen molar-refractivity contribution in [2.45, 2.75) is 26.3 Å². The predicted octanol–water partition coefficient (Wildman–Crippen LogP) is 3.74. The fourth-order valence-corrected chi connectivity index (χ4v) is 2.77. The Kier molecular flexibility index (Phi) is 4.99. The Morgan fingerprint density at radius 1 is 1.46 bits per heavy atom. The second-order valence-corrected chi connectivity index (χ2v) is 5.84. The highest BCUT2D eigenvalue weighted by Crippen LogP contribution is 2.22. The molecule has 0 N–H and O–H groups in total. The number of thiophene rings is 1. The first-order valence-electron chi connectivity index (χ1n) is 4.65. The molecule has 0 unspecified atom stereocenters. The van der Waals surface area contributed by atoms with Crippen LogP contribution >= 0.6 is 27.3 Å². The van der Waals surface area contributed by atoms with Crippen LogP contribution in [0.15, 0.2) is 15.9 Å². The van der Waals surface area contributed by atoms with Crippen molar-refractivity contribution in [2.24, 2.45) is 0 Å². The van der Waals surface area contributed by atoms with Gasteiger partial charge in [0.15, 0.2) is 0 Å². The molecule has 1 heterocycles. The molecule has 0 fully saturated rings. The van der Waals surface area contributed by atoms with Crippen LogP contribution in [0, 0.1) is 0 Å². The molecule has 0 atom stereocenters. The van der Waals surface area contributed by atoms with Crippen LogP contribution in [0.1, 0.15) is 24.6 Å². The van der Waals surface area contributed by atoms with E-state index in [1.165, 1.54) is 28.0 Å². The molecular formula is C10H16BrNS. The Hall–Kier alpha value is 0.140. The number of rotatable bonds is 5. The Morgan fingerprint density at radius 3 is 2.77 bits per heavy atom. The van der Waals surface area contributed by atoms with Crippen LogP contribution in [-0.4, -0.2) is 18.5 Å². The molecular weight excluding hydrogens is 246 g/mol. The lowest BCUT2D eigenvalue weighted by Gasteiger charge is -2.14. The van der Waals surface area contributed by atoms with Crippen molar-refractivity contribution in [3.05, 3.63) is 20.8 Å². The number of hydrogen-bond acceptors (Lipinski definition) is 2. The molecule has 0 aromatic carbocycles. The van der Waals surface area contributed by atoms with Gasteiger partial charge < -0.3 is 4.90 Å². The molecule has 0 spiro atoms. The van der Waals surface area contributed by atoms with Gasteiger partial charge in [0, 0.05) is 11.4 Å². The summed E-state index contributed by atoms with van der Waals surface area (Å²) >= 11 is 5.30. The number of nitrogens with zero attached hydrogens (tertiary/aromatic N) is 1. The third kappa shape index (κ3) is 4.25. The molecule has 0 saturated carbocycles. The average molecular weight is 262 g/mol. The van der Waals surface area contributed by atoms with Crippen molar-refractivity contribution < 1.29 is 0 Å². The summed E-state index contributed by atoms with van der Waals surface area (Å²) in [6.07, 6.45) is 2.57. The summed E-state index contributed by atoms with van der Waals surface area (Å²) < 4.78 is 1.23. The van der Waals surface area contributed by atoms with Gasteiger partial charge >= 0.3 is 0 Å². The van der Waals surface area contributed by atoms with Crippen molar-refractivity contribution >= 4 is 27.3 Å². The lowest BCUT2D eigenvalue weighted by atomic mass is 10.3. The van der Waals surface area contributed by atoms with Crippen LogP contribution < -0.4 is 0 Å². The van der Waals surface area contributed by atoms with Crippen LogP contribution in [0.25, 0.3) is 0 Å². The van der Waals surface area contributed by atoms with Gasteiger partial charge in [-0.05, 0) is 48.1 Å². The summed E-state index contributed by atoms with van der Waals surface area (Å²) in [7, 11) is 2.18. The zero-order valence-corrected chi connectivity index (χ0v) is 10.6. The lowest BCUT2D eigenvalue weighted by Crippen LogP contribution is -2.18. The maximum atomic E-state index is 3.47. The zero-order valence-electron chi connectivity index (χ0n) is 8.22. The number of hydrogen-bond donors (Lipinski definition) is 0. The highest BCUT2D eigenvalue weighted by atomic mass is 79.9. The van der Waals surface area contributed by atoms with E-state index in [1.54, 1.807) is 0 Å². The second-order valence-electron chi connectivity index (χ2n) is 3.30. The van der Waals surface area contributed by atoms with Gasteiger partial charge in [0.2, 0.25) is 0 Å². The van der Waals surface area contributed by atoms with E-state index in [4.69, 9.17) is 0 Å². The molecule has 13 heavy (non-hydrogen) atoms. The largest absolute Gasteiger partial charge is 0.301 e. The van der Waals surface area contributed by atoms with Crippen molar-refractivity contribution in [2.75, 3.05) is 13.6 Å². The molecule has 0 radical (unpaired) electrons. The molecule has 0 saturated heterocycles. The first-order chi connectivity index (χ1) is 6.22. The van der Waals surface area contributed by atoms with Gasteiger partial charge in [-0.2, -0.15) is 0 Å². The predicted molar refractivity (Wildman–Crippen MR) is 63.3 cm³/mol. The van der Waals surface area contributed by atoms with Gasteiger partial charge in [-0.3, -0.25) is 0 Å². The van der Waals surface area contributed by atoms with E-state index in [0.717, 1.165) is 6.54 Å². The van der Waals surface area contributed by atoms with E-state index in [-0.39, 0.29) is 0 Å². The van der Waals surface area contributed by atoms with Crippen LogP contribution in [0.2, 0.25) is 0 Å². The van der Waals surface area contributed by atoms with Gasteiger partial charge in [-0.25, -0.2) is 0 Å². The fourth-order valence-electron chi connectivity index (χ4n) is 1.21. The highest BCUT2D eigenvalue weighted by Gasteiger charge is 2.01. The van der Waals surface area contributed by atoms with Crippen LogP contribution in [0.3, 0.4) is 0 Å². The first kappa shape index (κ1) is 11.2. The summed E-state index contributed by atoms with van der Waals surface area (Å²) in [5.74, 6) is 0. The minimum atomic E-state index is 1.08. The minimum Gasteiger partial charge on any atom is -0.301 e. The fraction of sp³-hybridized carbons (Fsp3) is 0.600. The third-order valence-electron chi connectivity index (χ3n) is 1.95. The van der Waals surface area contributed by atoms with E-state index < -0.39 is 0 Å². The smallest absolute Gasteiger partial charge is 0.0701 e. The van der Waals surface area contributed by atoms with Crippen molar-refractivity contribution in [3.8, 4) is 0 Å². The SMILES string of the molecule is CCCCN(C)Cc1ccc(Br)s1. The summed E-state index contributed by atoms with van der Waals surface area (Å²) in [5.41, 5.74) is 0. The molecule has 0 amide bonds. The van der Waals surface area contributed by atoms with Gasteiger partial charge in [-0.1, -0.05) is 13.3 Å². The van der Waals surface area contributed by atoms with Gasteiger partial charge in [0.05, 0.1) is 3.79 Å². The van der Waals surface area contributed by atoms with Crippen molar-refractivity contribution in [1.29, 1.82) is 0 Å². The molecule has 0 bridgehead atoms. The van der Waals surface area contributed by atoms with Crippen LogP contribution in [0.4, 0.5) is 0 Å². The number of halogens is 1. The Bertz CT molecular complexity index is 247. The molecule has 0 aliphatic carbocycles. The summed E-state index contributed by atoms with van der Waals surface area (Å²) in [6, 6.07) is 4.31. The lowest BCUT2D eigenvalue weighted by molar-refractivity contribution is 0.323. The standard InChI is InChI=1S/C10H16BrNS/c1-3-4-7-12(2)8-9-5-6-10(11)13-9/h5-6H,3-4,7-8H2,1-2H3. The molecule has 1 aromatic rings. The summed E-state index contributed by atoms with van der Waals surface area (Å²) in [5, 5.41) is 0. The topological polar surface area (TPSA) is 3.24 Å². The van der Waals surface area contributed by atoms with Crippen LogP contribution in [-0.2, 0) is 6.54 Å². The van der Waals surface area contributed by atoms with Crippen LogP contribution in [0.5, 0.6) is 0 Å². The van der Waals surface area contributed by atoms with Crippen molar-refractivity contribution in [3.63, 3.8) is 0 Å². The van der Waals surface area contributed by atoms with E-state index in [0.29, 0.717) is 0 Å². The zero-order chi connectivity index (χ0) is 9.68. The Labute approximate surface area is 92.9 Å². The third-order valence-corrected chi connectivity index (χ3v) is 3.56. The highest BCUT2D eigenvalue weighted by molar-refractivity contribution is 9.11. The minimum absolute atomic E-state index is 1.08. The monoisotopic (exact) mass is 261 g/mol. The quantitative estimate of drug-likeness (QED) is 0.781. The molecule has 1 rings (SSSR count). The normalized spacial score (nSPS) is 11.1. The summed E-state index contributed by atoms with van der Waals surface area (Å²) in [4.78, 5) is 3.81. The molecule has 1 nitrogen and oxygen atoms in total. The van der Waals surface area contributed by atoms with Crippen molar-refractivity contribution in [1.82, 2.24) is 4.90 Å². The first-order valence-corrected chi connectivity index (χ1v) is 6.26. The Morgan fingerprint density at radius 2 is 2.23 bits per heavy atom. The molecule has 74 valence electrons. The number of unbranched alkanes of at least 4 members (excludes halogenated alkanes) is 1. The molecule has 3 heteroatoms. The van der Waals surface area contributed by atoms with Gasteiger partial charge in [0.1, 0.15) is 0 Å². The van der Waals surface area contributed by atoms with E-state index >= 15 is 0 Å². The summed E-state index contributed by atoms with van der Waals surface area (Å²) in [6.45, 7) is 4.51. The van der Waals surface area contributed by atoms with Gasteiger partial charge in [-0.15, -0.1) is 11.3 Å². The molecule has 0 aliphatic rings. The van der Waals surface area contributed by atoms with E-state index in [1.807, 2.05) is 11.3 Å². The average Bonchev–Trinajstić information content (AvgIpc) is 2.48. The maximum absolute atomic E-state index is 3.47. The van der Waals surface area contributed by atoms with Gasteiger partial charge in [0.25, 0.3) is 0 Å². The van der Waals surface area contributed by atoms with E-state index in [9.17, 15) is 0 Å². The maximum Gasteiger partial charge on any atom is 0.0701 e. The molecule has 1 aromatic heterocycles.